The van der Waals surface area contributed by atoms with Gasteiger partial charge in [0.15, 0.2) is 5.82 Å². The predicted molar refractivity (Wildman–Crippen MR) is 87.6 cm³/mol. The zero-order valence-corrected chi connectivity index (χ0v) is 13.4. The lowest BCUT2D eigenvalue weighted by Crippen LogP contribution is -2.44. The Bertz CT molecular complexity index is 641. The quantitative estimate of drug-likeness (QED) is 0.863. The third kappa shape index (κ3) is 3.09. The van der Waals surface area contributed by atoms with Crippen LogP contribution in [0.3, 0.4) is 0 Å². The van der Waals surface area contributed by atoms with Gasteiger partial charge >= 0.3 is 0 Å². The molecule has 1 atom stereocenters. The summed E-state index contributed by atoms with van der Waals surface area (Å²) in [4.78, 5) is 9.31. The van der Waals surface area contributed by atoms with Crippen molar-refractivity contribution >= 4 is 5.69 Å². The molecule has 3 heterocycles. The van der Waals surface area contributed by atoms with Gasteiger partial charge < -0.3 is 19.1 Å². The molecular weight excluding hydrogens is 292 g/mol. The maximum absolute atomic E-state index is 5.43. The third-order valence-corrected chi connectivity index (χ3v) is 4.72. The average Bonchev–Trinajstić information content (AvgIpc) is 3.27. The number of anilines is 1. The summed E-state index contributed by atoms with van der Waals surface area (Å²) < 4.78 is 10.8. The molecule has 0 unspecified atom stereocenters. The highest BCUT2D eigenvalue weighted by atomic mass is 16.5. The smallest absolute Gasteiger partial charge is 0.257 e. The number of nitrogens with zero attached hydrogens (tertiary/aromatic N) is 4. The first-order valence-corrected chi connectivity index (χ1v) is 8.25. The van der Waals surface area contributed by atoms with Crippen LogP contribution in [0, 0.1) is 0 Å². The Morgan fingerprint density at radius 1 is 1.09 bits per heavy atom. The Morgan fingerprint density at radius 2 is 1.87 bits per heavy atom. The van der Waals surface area contributed by atoms with Gasteiger partial charge in [0, 0.05) is 50.0 Å². The Kier molecular flexibility index (Phi) is 4.01. The summed E-state index contributed by atoms with van der Waals surface area (Å²) in [7, 11) is 2.17. The maximum atomic E-state index is 5.43. The second-order valence-electron chi connectivity index (χ2n) is 6.36. The summed E-state index contributed by atoms with van der Waals surface area (Å²) in [6.07, 6.45) is 0.974. The molecule has 1 aromatic carbocycles. The molecule has 122 valence electrons. The van der Waals surface area contributed by atoms with E-state index in [2.05, 4.69) is 51.3 Å². The zero-order valence-electron chi connectivity index (χ0n) is 13.4. The fourth-order valence-corrected chi connectivity index (χ4v) is 3.14. The SMILES string of the molecule is CN1CCN(c2ccc(-c3nc([C@@H]4CCOC4)no3)cc2)CC1. The minimum atomic E-state index is 0.275. The Labute approximate surface area is 136 Å². The molecule has 23 heavy (non-hydrogen) atoms. The van der Waals surface area contributed by atoms with E-state index in [1.807, 2.05) is 0 Å². The predicted octanol–water partition coefficient (Wildman–Crippen LogP) is 1.99. The van der Waals surface area contributed by atoms with E-state index < -0.39 is 0 Å². The molecule has 0 radical (unpaired) electrons. The molecule has 0 N–H and O–H groups in total. The van der Waals surface area contributed by atoms with E-state index in [-0.39, 0.29) is 5.92 Å². The summed E-state index contributed by atoms with van der Waals surface area (Å²) in [6.45, 7) is 5.84. The first-order valence-electron chi connectivity index (χ1n) is 8.25. The molecule has 2 aliphatic rings. The van der Waals surface area contributed by atoms with Gasteiger partial charge in [-0.1, -0.05) is 5.16 Å². The average molecular weight is 314 g/mol. The fourth-order valence-electron chi connectivity index (χ4n) is 3.14. The molecule has 4 rings (SSSR count). The van der Waals surface area contributed by atoms with Crippen molar-refractivity contribution in [1.29, 1.82) is 0 Å². The van der Waals surface area contributed by atoms with Gasteiger partial charge in [-0.3, -0.25) is 0 Å². The summed E-state index contributed by atoms with van der Waals surface area (Å²) in [5.74, 6) is 1.63. The second kappa shape index (κ2) is 6.29. The Hall–Kier alpha value is -1.92. The van der Waals surface area contributed by atoms with Gasteiger partial charge in [-0.25, -0.2) is 0 Å². The van der Waals surface area contributed by atoms with Crippen molar-refractivity contribution in [1.82, 2.24) is 15.0 Å². The normalized spacial score (nSPS) is 22.7. The van der Waals surface area contributed by atoms with E-state index in [1.165, 1.54) is 5.69 Å². The number of hydrogen-bond donors (Lipinski definition) is 0. The van der Waals surface area contributed by atoms with E-state index >= 15 is 0 Å². The lowest BCUT2D eigenvalue weighted by Gasteiger charge is -2.34. The minimum absolute atomic E-state index is 0.275. The van der Waals surface area contributed by atoms with Crippen molar-refractivity contribution in [2.75, 3.05) is 51.3 Å². The van der Waals surface area contributed by atoms with Crippen molar-refractivity contribution < 1.29 is 9.26 Å². The van der Waals surface area contributed by atoms with E-state index in [9.17, 15) is 0 Å². The monoisotopic (exact) mass is 314 g/mol. The molecule has 0 spiro atoms. The number of likely N-dealkylation sites (N-methyl/N-ethyl adjacent to an activating group) is 1. The molecule has 2 fully saturated rings. The van der Waals surface area contributed by atoms with E-state index in [1.54, 1.807) is 0 Å². The van der Waals surface area contributed by atoms with Gasteiger partial charge in [0.05, 0.1) is 6.61 Å². The van der Waals surface area contributed by atoms with Crippen LogP contribution in [0.15, 0.2) is 28.8 Å². The second-order valence-corrected chi connectivity index (χ2v) is 6.36. The van der Waals surface area contributed by atoms with E-state index in [0.717, 1.165) is 50.6 Å². The summed E-state index contributed by atoms with van der Waals surface area (Å²) >= 11 is 0. The largest absolute Gasteiger partial charge is 0.381 e. The number of hydrogen-bond acceptors (Lipinski definition) is 6. The standard InChI is InChI=1S/C17H22N4O2/c1-20-7-9-21(10-8-20)15-4-2-13(3-5-15)17-18-16(19-23-17)14-6-11-22-12-14/h2-5,14H,6-12H2,1H3/t14-/m1/s1. The molecule has 0 amide bonds. The Morgan fingerprint density at radius 3 is 2.57 bits per heavy atom. The van der Waals surface area contributed by atoms with Crippen molar-refractivity contribution in [2.24, 2.45) is 0 Å². The molecule has 2 saturated heterocycles. The van der Waals surface area contributed by atoms with E-state index in [4.69, 9.17) is 9.26 Å². The number of benzene rings is 1. The first kappa shape index (κ1) is 14.7. The topological polar surface area (TPSA) is 54.6 Å². The lowest BCUT2D eigenvalue weighted by atomic mass is 10.1. The van der Waals surface area contributed by atoms with Crippen molar-refractivity contribution in [3.8, 4) is 11.5 Å². The van der Waals surface area contributed by atoms with Crippen LogP contribution < -0.4 is 4.90 Å². The fraction of sp³-hybridized carbons (Fsp3) is 0.529. The number of rotatable bonds is 3. The van der Waals surface area contributed by atoms with Crippen molar-refractivity contribution in [2.45, 2.75) is 12.3 Å². The van der Waals surface area contributed by atoms with Crippen molar-refractivity contribution in [3.63, 3.8) is 0 Å². The van der Waals surface area contributed by atoms with Gasteiger partial charge in [-0.15, -0.1) is 0 Å². The van der Waals surface area contributed by atoms with Gasteiger partial charge in [0.2, 0.25) is 0 Å². The number of piperazine rings is 1. The minimum Gasteiger partial charge on any atom is -0.381 e. The highest BCUT2D eigenvalue weighted by Gasteiger charge is 2.23. The molecule has 0 aliphatic carbocycles. The molecule has 6 nitrogen and oxygen atoms in total. The summed E-state index contributed by atoms with van der Waals surface area (Å²) in [6, 6.07) is 8.42. The van der Waals surface area contributed by atoms with Crippen LogP contribution >= 0.6 is 0 Å². The van der Waals surface area contributed by atoms with Crippen LogP contribution in [-0.2, 0) is 4.74 Å². The third-order valence-electron chi connectivity index (χ3n) is 4.72. The highest BCUT2D eigenvalue weighted by Crippen LogP contribution is 2.27. The molecule has 0 saturated carbocycles. The van der Waals surface area contributed by atoms with Crippen LogP contribution in [0.5, 0.6) is 0 Å². The van der Waals surface area contributed by atoms with E-state index in [0.29, 0.717) is 12.5 Å². The van der Waals surface area contributed by atoms with Crippen LogP contribution in [-0.4, -0.2) is 61.5 Å². The lowest BCUT2D eigenvalue weighted by molar-refractivity contribution is 0.192. The van der Waals surface area contributed by atoms with Crippen LogP contribution in [0.4, 0.5) is 5.69 Å². The summed E-state index contributed by atoms with van der Waals surface area (Å²) in [5, 5.41) is 4.11. The van der Waals surface area contributed by atoms with Crippen LogP contribution in [0.25, 0.3) is 11.5 Å². The molecular formula is C17H22N4O2. The maximum Gasteiger partial charge on any atom is 0.257 e. The summed E-state index contributed by atoms with van der Waals surface area (Å²) in [5.41, 5.74) is 2.23. The Balaban J connectivity index is 1.47. The van der Waals surface area contributed by atoms with Gasteiger partial charge in [0.1, 0.15) is 0 Å². The highest BCUT2D eigenvalue weighted by molar-refractivity contribution is 5.59. The van der Waals surface area contributed by atoms with Crippen molar-refractivity contribution in [3.05, 3.63) is 30.1 Å². The molecule has 1 aromatic heterocycles. The molecule has 6 heteroatoms. The molecule has 2 aromatic rings. The molecule has 0 bridgehead atoms. The van der Waals surface area contributed by atoms with Gasteiger partial charge in [-0.05, 0) is 37.7 Å². The van der Waals surface area contributed by atoms with Gasteiger partial charge in [-0.2, -0.15) is 4.98 Å². The zero-order chi connectivity index (χ0) is 15.6. The number of ether oxygens (including phenoxy) is 1. The molecule has 2 aliphatic heterocycles. The van der Waals surface area contributed by atoms with Gasteiger partial charge in [0.25, 0.3) is 5.89 Å². The number of aromatic nitrogens is 2. The first-order chi connectivity index (χ1) is 11.3. The van der Waals surface area contributed by atoms with Crippen LogP contribution in [0.1, 0.15) is 18.2 Å². The van der Waals surface area contributed by atoms with Crippen LogP contribution in [0.2, 0.25) is 0 Å².